The summed E-state index contributed by atoms with van der Waals surface area (Å²) in [6.07, 6.45) is 1.56. The number of benzene rings is 2. The number of methoxy groups -OCH3 is 1. The second-order valence-corrected chi connectivity index (χ2v) is 18.2. The lowest BCUT2D eigenvalue weighted by atomic mass is 9.86. The van der Waals surface area contributed by atoms with Gasteiger partial charge in [0.25, 0.3) is 0 Å². The second-order valence-electron chi connectivity index (χ2n) is 13.0. The molecule has 0 aliphatic rings. The summed E-state index contributed by atoms with van der Waals surface area (Å²) in [5.41, 5.74) is -0.132. The molecule has 0 spiro atoms. The van der Waals surface area contributed by atoms with E-state index in [-0.39, 0.29) is 57.0 Å². The van der Waals surface area contributed by atoms with Crippen molar-refractivity contribution >= 4 is 36.8 Å². The molecule has 0 aliphatic heterocycles. The summed E-state index contributed by atoms with van der Waals surface area (Å²) in [5.74, 6) is -0.727. The number of hydrogen-bond acceptors (Lipinski definition) is 6. The van der Waals surface area contributed by atoms with Crippen molar-refractivity contribution in [3.8, 4) is 11.5 Å². The summed E-state index contributed by atoms with van der Waals surface area (Å²) < 4.78 is 40.0. The number of carbonyl (C=O) groups excluding carboxylic acids is 1. The van der Waals surface area contributed by atoms with Crippen molar-refractivity contribution in [2.24, 2.45) is 5.41 Å². The minimum atomic E-state index is -2.14. The third kappa shape index (κ3) is 7.18. The Morgan fingerprint density at radius 2 is 1.76 bits per heavy atom. The Morgan fingerprint density at radius 3 is 2.33 bits per heavy atom. The molecule has 7 nitrogen and oxygen atoms in total. The first-order valence-corrected chi connectivity index (χ1v) is 17.3. The minimum absolute atomic E-state index is 0.00491. The minimum Gasteiger partial charge on any atom is -0.493 e. The van der Waals surface area contributed by atoms with Crippen molar-refractivity contribution in [1.82, 2.24) is 4.57 Å². The molecular weight excluding hydrogens is 577 g/mol. The van der Waals surface area contributed by atoms with Crippen LogP contribution in [0, 0.1) is 11.2 Å². The third-order valence-corrected chi connectivity index (χ3v) is 12.8. The van der Waals surface area contributed by atoms with Crippen LogP contribution in [-0.4, -0.2) is 39.2 Å². The Labute approximate surface area is 254 Å². The van der Waals surface area contributed by atoms with E-state index in [0.29, 0.717) is 17.9 Å². The molecule has 2 aromatic carbocycles. The maximum atomic E-state index is 14.5. The van der Waals surface area contributed by atoms with Gasteiger partial charge in [-0.15, -0.1) is 0 Å². The number of carbonyl (C=O) groups is 1. The maximum Gasteiger partial charge on any atom is 0.343 e. The van der Waals surface area contributed by atoms with Crippen LogP contribution in [0.25, 0.3) is 10.9 Å². The van der Waals surface area contributed by atoms with E-state index in [9.17, 15) is 14.0 Å². The van der Waals surface area contributed by atoms with Crippen LogP contribution in [0.5, 0.6) is 11.5 Å². The van der Waals surface area contributed by atoms with Crippen LogP contribution in [0.1, 0.15) is 70.4 Å². The number of hydrogen-bond donors (Lipinski definition) is 0. The second kappa shape index (κ2) is 12.8. The molecule has 1 unspecified atom stereocenters. The number of nitrogens with zero attached hydrogens (tertiary/aromatic N) is 1. The van der Waals surface area contributed by atoms with E-state index in [4.69, 9.17) is 30.2 Å². The topological polar surface area (TPSA) is 76.0 Å². The predicted octanol–water partition coefficient (Wildman–Crippen LogP) is 8.17. The van der Waals surface area contributed by atoms with Crippen LogP contribution >= 0.6 is 11.6 Å². The van der Waals surface area contributed by atoms with Gasteiger partial charge in [0.1, 0.15) is 18.0 Å². The summed E-state index contributed by atoms with van der Waals surface area (Å²) in [5, 5.41) is 0.218. The fourth-order valence-corrected chi connectivity index (χ4v) is 5.51. The van der Waals surface area contributed by atoms with E-state index in [1.54, 1.807) is 31.3 Å². The molecule has 10 heteroatoms. The number of ether oxygens (including phenoxy) is 3. The molecule has 230 valence electrons. The predicted molar refractivity (Wildman–Crippen MR) is 168 cm³/mol. The van der Waals surface area contributed by atoms with Gasteiger partial charge in [-0.3, -0.25) is 4.79 Å². The van der Waals surface area contributed by atoms with Gasteiger partial charge >= 0.3 is 5.97 Å². The lowest BCUT2D eigenvalue weighted by Gasteiger charge is -2.40. The molecule has 1 heterocycles. The number of halogens is 2. The average molecular weight is 620 g/mol. The van der Waals surface area contributed by atoms with Gasteiger partial charge < -0.3 is 23.2 Å². The Kier molecular flexibility index (Phi) is 10.2. The van der Waals surface area contributed by atoms with Gasteiger partial charge in [0.2, 0.25) is 5.43 Å². The average Bonchev–Trinajstić information content (AvgIpc) is 2.89. The number of rotatable bonds is 10. The zero-order valence-corrected chi connectivity index (χ0v) is 28.1. The maximum absolute atomic E-state index is 14.5. The van der Waals surface area contributed by atoms with E-state index in [1.165, 1.54) is 19.2 Å². The van der Waals surface area contributed by atoms with Crippen molar-refractivity contribution in [1.29, 1.82) is 0 Å². The summed E-state index contributed by atoms with van der Waals surface area (Å²) in [4.78, 5) is 26.7. The van der Waals surface area contributed by atoms with Gasteiger partial charge in [-0.1, -0.05) is 65.3 Å². The molecule has 0 bridgehead atoms. The van der Waals surface area contributed by atoms with Crippen molar-refractivity contribution in [3.63, 3.8) is 0 Å². The molecule has 0 saturated carbocycles. The summed E-state index contributed by atoms with van der Waals surface area (Å²) in [7, 11) is -0.644. The van der Waals surface area contributed by atoms with E-state index in [2.05, 4.69) is 54.6 Å². The molecule has 0 aliphatic carbocycles. The van der Waals surface area contributed by atoms with E-state index in [1.807, 2.05) is 4.57 Å². The molecule has 0 amide bonds. The standard InChI is InChI=1S/C32H43ClFNO6Si/c1-11-39-30(37)22-17-35(27(31(2,3)4)19-41-42(9,10)32(5,6)7)24-16-25(38-8)26(15-21(24)29(22)36)40-18-20-13-12-14-23(33)28(20)34/h12-17,27H,11,18-19H2,1-10H3. The van der Waals surface area contributed by atoms with E-state index in [0.717, 1.165) is 0 Å². The van der Waals surface area contributed by atoms with Gasteiger partial charge in [0, 0.05) is 17.8 Å². The Balaban J connectivity index is 2.24. The molecule has 0 N–H and O–H groups in total. The summed E-state index contributed by atoms with van der Waals surface area (Å²) >= 11 is 5.94. The lowest BCUT2D eigenvalue weighted by molar-refractivity contribution is 0.0522. The Bertz CT molecular complexity index is 1510. The number of aromatic nitrogens is 1. The van der Waals surface area contributed by atoms with Crippen molar-refractivity contribution in [2.75, 3.05) is 20.3 Å². The van der Waals surface area contributed by atoms with Crippen LogP contribution in [0.2, 0.25) is 23.2 Å². The van der Waals surface area contributed by atoms with Crippen LogP contribution in [-0.2, 0) is 15.8 Å². The zero-order valence-electron chi connectivity index (χ0n) is 26.3. The highest BCUT2D eigenvalue weighted by molar-refractivity contribution is 6.74. The van der Waals surface area contributed by atoms with Crippen LogP contribution in [0.3, 0.4) is 0 Å². The number of fused-ring (bicyclic) bond motifs is 1. The molecule has 0 saturated heterocycles. The van der Waals surface area contributed by atoms with E-state index >= 15 is 0 Å². The third-order valence-electron chi connectivity index (χ3n) is 7.97. The van der Waals surface area contributed by atoms with Crippen molar-refractivity contribution < 1.29 is 27.8 Å². The first-order chi connectivity index (χ1) is 19.4. The van der Waals surface area contributed by atoms with Gasteiger partial charge in [-0.05, 0) is 42.6 Å². The number of esters is 1. The largest absolute Gasteiger partial charge is 0.493 e. The number of pyridine rings is 1. The zero-order chi connectivity index (χ0) is 31.6. The lowest BCUT2D eigenvalue weighted by Crippen LogP contribution is -2.43. The molecule has 3 rings (SSSR count). The van der Waals surface area contributed by atoms with Crippen molar-refractivity contribution in [2.45, 2.75) is 79.2 Å². The van der Waals surface area contributed by atoms with Gasteiger partial charge in [0.05, 0.1) is 42.3 Å². The van der Waals surface area contributed by atoms with E-state index < -0.39 is 25.5 Å². The molecule has 3 aromatic rings. The molecule has 1 aromatic heterocycles. The first kappa shape index (κ1) is 33.6. The van der Waals surface area contributed by atoms with Crippen LogP contribution in [0.4, 0.5) is 4.39 Å². The fourth-order valence-electron chi connectivity index (χ4n) is 4.31. The normalized spacial score (nSPS) is 13.2. The first-order valence-electron chi connectivity index (χ1n) is 14.1. The van der Waals surface area contributed by atoms with Gasteiger partial charge in [-0.2, -0.15) is 0 Å². The summed E-state index contributed by atoms with van der Waals surface area (Å²) in [6, 6.07) is 7.63. The molecule has 1 atom stereocenters. The highest BCUT2D eigenvalue weighted by atomic mass is 35.5. The highest BCUT2D eigenvalue weighted by Crippen LogP contribution is 2.41. The fraction of sp³-hybridized carbons (Fsp3) is 0.500. The quantitative estimate of drug-likeness (QED) is 0.168. The van der Waals surface area contributed by atoms with Gasteiger partial charge in [0.15, 0.2) is 19.8 Å². The van der Waals surface area contributed by atoms with Crippen LogP contribution in [0.15, 0.2) is 41.3 Å². The highest BCUT2D eigenvalue weighted by Gasteiger charge is 2.39. The summed E-state index contributed by atoms with van der Waals surface area (Å²) in [6.45, 7) is 19.2. The molecule has 0 radical (unpaired) electrons. The Hall–Kier alpha value is -2.88. The SMILES string of the molecule is CCOC(=O)c1cn(C(CO[Si](C)(C)C(C)(C)C)C(C)(C)C)c2cc(OC)c(OCc3cccc(Cl)c3F)cc2c1=O. The van der Waals surface area contributed by atoms with Crippen molar-refractivity contribution in [3.05, 3.63) is 68.7 Å². The van der Waals surface area contributed by atoms with Gasteiger partial charge in [-0.25, -0.2) is 9.18 Å². The Morgan fingerprint density at radius 1 is 1.10 bits per heavy atom. The molecule has 42 heavy (non-hydrogen) atoms. The van der Waals surface area contributed by atoms with Crippen LogP contribution < -0.4 is 14.9 Å². The monoisotopic (exact) mass is 619 g/mol. The molecular formula is C32H43ClFNO6Si. The smallest absolute Gasteiger partial charge is 0.343 e. The molecule has 0 fully saturated rings.